The molecule has 0 spiro atoms. The molecule has 0 amide bonds. The van der Waals surface area contributed by atoms with Crippen molar-refractivity contribution in [2.45, 2.75) is 25.2 Å². The molecule has 1 aliphatic heterocycles. The lowest BCUT2D eigenvalue weighted by atomic mass is 10.0. The van der Waals surface area contributed by atoms with Gasteiger partial charge in [0.25, 0.3) is 0 Å². The Bertz CT molecular complexity index is 346. The SMILES string of the molecule is COc1ccc(C(OC2COC2)C(C)N)cc1. The van der Waals surface area contributed by atoms with E-state index in [0.717, 1.165) is 11.3 Å². The van der Waals surface area contributed by atoms with Crippen LogP contribution in [0.25, 0.3) is 0 Å². The summed E-state index contributed by atoms with van der Waals surface area (Å²) in [6, 6.07) is 7.78. The van der Waals surface area contributed by atoms with Crippen molar-refractivity contribution in [1.82, 2.24) is 0 Å². The second kappa shape index (κ2) is 5.49. The van der Waals surface area contributed by atoms with Gasteiger partial charge in [0, 0.05) is 6.04 Å². The standard InChI is InChI=1S/C13H19NO3/c1-9(14)13(17-12-7-16-8-12)10-3-5-11(15-2)6-4-10/h3-6,9,12-13H,7-8,14H2,1-2H3. The molecule has 94 valence electrons. The van der Waals surface area contributed by atoms with E-state index in [1.54, 1.807) is 7.11 Å². The molecule has 0 radical (unpaired) electrons. The van der Waals surface area contributed by atoms with Crippen molar-refractivity contribution < 1.29 is 14.2 Å². The molecule has 1 fully saturated rings. The van der Waals surface area contributed by atoms with Crippen molar-refractivity contribution in [1.29, 1.82) is 0 Å². The van der Waals surface area contributed by atoms with E-state index in [-0.39, 0.29) is 18.2 Å². The van der Waals surface area contributed by atoms with Gasteiger partial charge in [-0.25, -0.2) is 0 Å². The van der Waals surface area contributed by atoms with Gasteiger partial charge in [0.1, 0.15) is 11.9 Å². The van der Waals surface area contributed by atoms with Crippen molar-refractivity contribution in [3.05, 3.63) is 29.8 Å². The van der Waals surface area contributed by atoms with Gasteiger partial charge in [0.2, 0.25) is 0 Å². The summed E-state index contributed by atoms with van der Waals surface area (Å²) in [6.07, 6.45) is 0.0860. The lowest BCUT2D eigenvalue weighted by Gasteiger charge is -2.32. The van der Waals surface area contributed by atoms with Gasteiger partial charge in [-0.15, -0.1) is 0 Å². The lowest BCUT2D eigenvalue weighted by molar-refractivity contribution is -0.159. The molecule has 1 aromatic carbocycles. The van der Waals surface area contributed by atoms with Gasteiger partial charge in [-0.1, -0.05) is 12.1 Å². The van der Waals surface area contributed by atoms with E-state index >= 15 is 0 Å². The Morgan fingerprint density at radius 2 is 1.94 bits per heavy atom. The highest BCUT2D eigenvalue weighted by Crippen LogP contribution is 2.26. The fourth-order valence-electron chi connectivity index (χ4n) is 1.80. The molecule has 4 nitrogen and oxygen atoms in total. The zero-order valence-corrected chi connectivity index (χ0v) is 10.3. The van der Waals surface area contributed by atoms with E-state index in [1.165, 1.54) is 0 Å². The van der Waals surface area contributed by atoms with Gasteiger partial charge in [-0.2, -0.15) is 0 Å². The van der Waals surface area contributed by atoms with Gasteiger partial charge in [-0.3, -0.25) is 0 Å². The van der Waals surface area contributed by atoms with Crippen LogP contribution in [0.1, 0.15) is 18.6 Å². The Morgan fingerprint density at radius 3 is 2.35 bits per heavy atom. The first-order valence-electron chi connectivity index (χ1n) is 5.83. The van der Waals surface area contributed by atoms with Gasteiger partial charge >= 0.3 is 0 Å². The van der Waals surface area contributed by atoms with Crippen LogP contribution in [0.2, 0.25) is 0 Å². The molecule has 0 aliphatic carbocycles. The minimum Gasteiger partial charge on any atom is -0.497 e. The summed E-state index contributed by atoms with van der Waals surface area (Å²) >= 11 is 0. The minimum absolute atomic E-state index is 0.0519. The number of hydrogen-bond acceptors (Lipinski definition) is 4. The number of benzene rings is 1. The highest BCUT2D eigenvalue weighted by molar-refractivity contribution is 5.29. The Morgan fingerprint density at radius 1 is 1.29 bits per heavy atom. The third kappa shape index (κ3) is 2.97. The molecule has 1 saturated heterocycles. The quantitative estimate of drug-likeness (QED) is 0.843. The second-order valence-corrected chi connectivity index (χ2v) is 4.35. The van der Waals surface area contributed by atoms with E-state index in [2.05, 4.69) is 0 Å². The molecular weight excluding hydrogens is 218 g/mol. The van der Waals surface area contributed by atoms with Gasteiger partial charge < -0.3 is 19.9 Å². The van der Waals surface area contributed by atoms with Crippen molar-refractivity contribution in [2.75, 3.05) is 20.3 Å². The topological polar surface area (TPSA) is 53.7 Å². The smallest absolute Gasteiger partial charge is 0.118 e. The fourth-order valence-corrected chi connectivity index (χ4v) is 1.80. The van der Waals surface area contributed by atoms with Crippen LogP contribution in [0.5, 0.6) is 5.75 Å². The molecule has 1 aliphatic rings. The maximum absolute atomic E-state index is 5.97. The maximum Gasteiger partial charge on any atom is 0.118 e. The van der Waals surface area contributed by atoms with E-state index < -0.39 is 0 Å². The molecule has 1 aromatic rings. The number of nitrogens with two attached hydrogens (primary N) is 1. The molecule has 0 bridgehead atoms. The summed E-state index contributed by atoms with van der Waals surface area (Å²) in [6.45, 7) is 3.28. The Balaban J connectivity index is 2.07. The van der Waals surface area contributed by atoms with Crippen LogP contribution in [0.15, 0.2) is 24.3 Å². The van der Waals surface area contributed by atoms with Crippen LogP contribution in [0, 0.1) is 0 Å². The third-order valence-corrected chi connectivity index (χ3v) is 2.87. The highest BCUT2D eigenvalue weighted by Gasteiger charge is 2.26. The zero-order valence-electron chi connectivity index (χ0n) is 10.3. The number of hydrogen-bond donors (Lipinski definition) is 1. The molecule has 2 rings (SSSR count). The van der Waals surface area contributed by atoms with E-state index in [1.807, 2.05) is 31.2 Å². The molecule has 4 heteroatoms. The summed E-state index contributed by atoms with van der Waals surface area (Å²) in [5, 5.41) is 0. The Kier molecular flexibility index (Phi) is 3.99. The molecule has 0 saturated carbocycles. The molecule has 2 N–H and O–H groups in total. The molecule has 2 atom stereocenters. The summed E-state index contributed by atoms with van der Waals surface area (Å²) in [5.74, 6) is 0.837. The summed E-state index contributed by atoms with van der Waals surface area (Å²) in [7, 11) is 1.65. The average Bonchev–Trinajstić information content (AvgIpc) is 2.27. The first kappa shape index (κ1) is 12.4. The van der Waals surface area contributed by atoms with Crippen molar-refractivity contribution in [2.24, 2.45) is 5.73 Å². The van der Waals surface area contributed by atoms with E-state index in [0.29, 0.717) is 13.2 Å². The average molecular weight is 237 g/mol. The van der Waals surface area contributed by atoms with Crippen molar-refractivity contribution in [3.8, 4) is 5.75 Å². The van der Waals surface area contributed by atoms with Gasteiger partial charge in [0.05, 0.1) is 26.4 Å². The second-order valence-electron chi connectivity index (χ2n) is 4.35. The van der Waals surface area contributed by atoms with Crippen LogP contribution >= 0.6 is 0 Å². The monoisotopic (exact) mass is 237 g/mol. The zero-order chi connectivity index (χ0) is 12.3. The summed E-state index contributed by atoms with van der Waals surface area (Å²) in [4.78, 5) is 0. The van der Waals surface area contributed by atoms with Crippen LogP contribution in [0.3, 0.4) is 0 Å². The fraction of sp³-hybridized carbons (Fsp3) is 0.538. The normalized spacial score (nSPS) is 19.5. The minimum atomic E-state index is -0.0881. The van der Waals surface area contributed by atoms with Crippen LogP contribution in [0.4, 0.5) is 0 Å². The van der Waals surface area contributed by atoms with Crippen molar-refractivity contribution in [3.63, 3.8) is 0 Å². The highest BCUT2D eigenvalue weighted by atomic mass is 16.6. The van der Waals surface area contributed by atoms with E-state index in [9.17, 15) is 0 Å². The number of rotatable bonds is 5. The Labute approximate surface area is 102 Å². The molecule has 17 heavy (non-hydrogen) atoms. The summed E-state index contributed by atoms with van der Waals surface area (Å²) in [5.41, 5.74) is 7.05. The first-order valence-corrected chi connectivity index (χ1v) is 5.83. The molecule has 1 heterocycles. The van der Waals surface area contributed by atoms with Crippen LogP contribution in [-0.2, 0) is 9.47 Å². The molecule has 0 aromatic heterocycles. The lowest BCUT2D eigenvalue weighted by Crippen LogP contribution is -2.40. The predicted octanol–water partition coefficient (Wildman–Crippen LogP) is 1.50. The van der Waals surface area contributed by atoms with Crippen LogP contribution < -0.4 is 10.5 Å². The van der Waals surface area contributed by atoms with Crippen molar-refractivity contribution >= 4 is 0 Å². The first-order chi connectivity index (χ1) is 8.20. The summed E-state index contributed by atoms with van der Waals surface area (Å²) < 4.78 is 16.1. The predicted molar refractivity (Wildman–Crippen MR) is 65.1 cm³/mol. The third-order valence-electron chi connectivity index (χ3n) is 2.87. The Hall–Kier alpha value is -1.10. The van der Waals surface area contributed by atoms with Crippen LogP contribution in [-0.4, -0.2) is 32.5 Å². The van der Waals surface area contributed by atoms with Gasteiger partial charge in [-0.05, 0) is 24.6 Å². The molecular formula is C13H19NO3. The number of ether oxygens (including phenoxy) is 3. The largest absolute Gasteiger partial charge is 0.497 e. The van der Waals surface area contributed by atoms with Gasteiger partial charge in [0.15, 0.2) is 0 Å². The maximum atomic E-state index is 5.97. The van der Waals surface area contributed by atoms with E-state index in [4.69, 9.17) is 19.9 Å². The molecule has 2 unspecified atom stereocenters. The number of methoxy groups -OCH3 is 1.